The molecular formula is C32H56BBrN2O4Si2. The van der Waals surface area contributed by atoms with Gasteiger partial charge in [0.05, 0.1) is 23.4 Å². The van der Waals surface area contributed by atoms with E-state index in [-0.39, 0.29) is 33.5 Å². The molecule has 2 atom stereocenters. The minimum atomic E-state index is -1.84. The van der Waals surface area contributed by atoms with E-state index in [0.717, 1.165) is 21.1 Å². The molecule has 42 heavy (non-hydrogen) atoms. The molecule has 0 spiro atoms. The molecule has 0 N–H and O–H groups in total. The van der Waals surface area contributed by atoms with Gasteiger partial charge in [-0.2, -0.15) is 0 Å². The van der Waals surface area contributed by atoms with Gasteiger partial charge in [-0.1, -0.05) is 47.6 Å². The van der Waals surface area contributed by atoms with Crippen LogP contribution in [0.3, 0.4) is 0 Å². The number of rotatable bonds is 7. The molecule has 0 aliphatic carbocycles. The van der Waals surface area contributed by atoms with Crippen LogP contribution < -0.4 is 5.46 Å². The van der Waals surface area contributed by atoms with Crippen molar-refractivity contribution in [1.82, 2.24) is 9.97 Å². The normalized spacial score (nSPS) is 18.7. The molecule has 0 radical (unpaired) electrons. The van der Waals surface area contributed by atoms with Crippen molar-refractivity contribution in [2.75, 3.05) is 0 Å². The summed E-state index contributed by atoms with van der Waals surface area (Å²) in [5.41, 5.74) is 2.44. The lowest BCUT2D eigenvalue weighted by atomic mass is 9.79. The first kappa shape index (κ1) is 37.3. The second kappa shape index (κ2) is 13.2. The highest BCUT2D eigenvalue weighted by molar-refractivity contribution is 9.10. The molecule has 1 aliphatic heterocycles. The van der Waals surface area contributed by atoms with Crippen LogP contribution >= 0.6 is 15.9 Å². The number of aromatic nitrogens is 2. The molecule has 1 aliphatic rings. The van der Waals surface area contributed by atoms with Gasteiger partial charge in [-0.25, -0.2) is 0 Å². The fraction of sp³-hybridized carbons (Fsp3) is 0.688. The first-order valence-corrected chi connectivity index (χ1v) is 21.7. The Morgan fingerprint density at radius 3 is 1.48 bits per heavy atom. The third kappa shape index (κ3) is 9.31. The van der Waals surface area contributed by atoms with Gasteiger partial charge in [0.25, 0.3) is 0 Å². The molecule has 2 aromatic rings. The van der Waals surface area contributed by atoms with Gasteiger partial charge in [0.1, 0.15) is 0 Å². The lowest BCUT2D eigenvalue weighted by molar-refractivity contribution is 0.00578. The second-order valence-corrected chi connectivity index (χ2v) is 26.0. The van der Waals surface area contributed by atoms with E-state index in [2.05, 4.69) is 147 Å². The second-order valence-electron chi connectivity index (χ2n) is 15.6. The van der Waals surface area contributed by atoms with Gasteiger partial charge in [-0.15, -0.1) is 0 Å². The molecule has 2 unspecified atom stereocenters. The number of nitrogens with zero attached hydrogens (tertiary/aromatic N) is 2. The number of hydrogen-bond acceptors (Lipinski definition) is 6. The van der Waals surface area contributed by atoms with E-state index in [0.29, 0.717) is 0 Å². The fourth-order valence-electron chi connectivity index (χ4n) is 3.83. The van der Waals surface area contributed by atoms with Crippen molar-refractivity contribution in [3.63, 3.8) is 0 Å². The SMILES string of the molecule is CC(O[Si](C)(C)C(C)(C)C)c1cncc(B2OC(C)(C)C(C)(C)O2)c1.CC(O[Si](C)(C)C(C)(C)C)c1cncc(Br)c1. The Morgan fingerprint density at radius 1 is 0.714 bits per heavy atom. The van der Waals surface area contributed by atoms with Crippen LogP contribution in [0.15, 0.2) is 41.4 Å². The molecule has 0 aromatic carbocycles. The van der Waals surface area contributed by atoms with Gasteiger partial charge in [-0.05, 0) is 111 Å². The molecule has 3 rings (SSSR count). The predicted molar refractivity (Wildman–Crippen MR) is 185 cm³/mol. The van der Waals surface area contributed by atoms with Gasteiger partial charge >= 0.3 is 7.12 Å². The quantitative estimate of drug-likeness (QED) is 0.272. The van der Waals surface area contributed by atoms with Crippen molar-refractivity contribution in [3.8, 4) is 0 Å². The van der Waals surface area contributed by atoms with E-state index in [4.69, 9.17) is 18.2 Å². The molecule has 1 fully saturated rings. The van der Waals surface area contributed by atoms with E-state index >= 15 is 0 Å². The van der Waals surface area contributed by atoms with E-state index in [1.54, 1.807) is 6.20 Å². The lowest BCUT2D eigenvalue weighted by Gasteiger charge is -2.38. The zero-order chi connectivity index (χ0) is 32.5. The maximum atomic E-state index is 6.51. The van der Waals surface area contributed by atoms with Crippen LogP contribution in [0.25, 0.3) is 0 Å². The average molecular weight is 680 g/mol. The average Bonchev–Trinajstić information content (AvgIpc) is 3.04. The largest absolute Gasteiger partial charge is 0.496 e. The Labute approximate surface area is 267 Å². The first-order valence-electron chi connectivity index (χ1n) is 15.1. The molecule has 0 amide bonds. The van der Waals surface area contributed by atoms with Crippen molar-refractivity contribution in [2.45, 2.75) is 143 Å². The molecule has 6 nitrogen and oxygen atoms in total. The highest BCUT2D eigenvalue weighted by atomic mass is 79.9. The lowest BCUT2D eigenvalue weighted by Crippen LogP contribution is -2.41. The number of pyridine rings is 2. The molecule has 2 aromatic heterocycles. The van der Waals surface area contributed by atoms with Crippen LogP contribution in [0.1, 0.15) is 106 Å². The molecule has 0 bridgehead atoms. The topological polar surface area (TPSA) is 62.7 Å². The molecule has 0 saturated carbocycles. The zero-order valence-electron chi connectivity index (χ0n) is 29.1. The van der Waals surface area contributed by atoms with Gasteiger partial charge < -0.3 is 18.2 Å². The van der Waals surface area contributed by atoms with Crippen LogP contribution in [0.5, 0.6) is 0 Å². The van der Waals surface area contributed by atoms with E-state index in [1.807, 2.05) is 18.6 Å². The smallest absolute Gasteiger partial charge is 0.410 e. The Morgan fingerprint density at radius 2 is 1.10 bits per heavy atom. The third-order valence-electron chi connectivity index (χ3n) is 9.53. The van der Waals surface area contributed by atoms with Crippen molar-refractivity contribution in [3.05, 3.63) is 52.5 Å². The molecule has 236 valence electrons. The molecular weight excluding hydrogens is 623 g/mol. The summed E-state index contributed by atoms with van der Waals surface area (Å²) in [6.07, 6.45) is 7.47. The van der Waals surface area contributed by atoms with Crippen molar-refractivity contribution in [2.24, 2.45) is 0 Å². The summed E-state index contributed by atoms with van der Waals surface area (Å²) in [7, 11) is -3.94. The van der Waals surface area contributed by atoms with Crippen LogP contribution in [-0.4, -0.2) is 44.9 Å². The maximum absolute atomic E-state index is 6.51. The Bertz CT molecular complexity index is 1180. The number of halogens is 1. The van der Waals surface area contributed by atoms with E-state index < -0.39 is 23.8 Å². The minimum Gasteiger partial charge on any atom is -0.410 e. The predicted octanol–water partition coefficient (Wildman–Crippen LogP) is 9.39. The third-order valence-corrected chi connectivity index (χ3v) is 19.1. The Hall–Kier alpha value is -0.881. The van der Waals surface area contributed by atoms with Gasteiger partial charge in [-0.3, -0.25) is 9.97 Å². The van der Waals surface area contributed by atoms with E-state index in [1.165, 1.54) is 0 Å². The first-order chi connectivity index (χ1) is 18.8. The highest BCUT2D eigenvalue weighted by Crippen LogP contribution is 2.41. The van der Waals surface area contributed by atoms with Crippen LogP contribution in [0.4, 0.5) is 0 Å². The monoisotopic (exact) mass is 678 g/mol. The summed E-state index contributed by atoms with van der Waals surface area (Å²) in [5, 5.41) is 0.415. The summed E-state index contributed by atoms with van der Waals surface area (Å²) in [4.78, 5) is 8.60. The van der Waals surface area contributed by atoms with Gasteiger partial charge in [0, 0.05) is 34.7 Å². The standard InChI is InChI=1S/C19H34BNO3Si.C13H22BrNOSi/c1-14(22-25(9,10)17(2,3)4)15-11-16(13-21-12-15)20-23-18(5,6)19(7,8)24-20;1-10(11-7-12(14)9-15-8-11)16-17(5,6)13(2,3)4/h11-14H,1-10H3;7-10H,1-6H3. The zero-order valence-corrected chi connectivity index (χ0v) is 32.7. The van der Waals surface area contributed by atoms with Crippen molar-refractivity contribution < 1.29 is 18.2 Å². The summed E-state index contributed by atoms with van der Waals surface area (Å²) < 4.78 is 26.1. The molecule has 10 heteroatoms. The van der Waals surface area contributed by atoms with Crippen molar-refractivity contribution >= 4 is 45.1 Å². The van der Waals surface area contributed by atoms with Crippen LogP contribution in [0.2, 0.25) is 36.3 Å². The van der Waals surface area contributed by atoms with Crippen LogP contribution in [-0.2, 0) is 18.2 Å². The highest BCUT2D eigenvalue weighted by Gasteiger charge is 2.52. The van der Waals surface area contributed by atoms with E-state index in [9.17, 15) is 0 Å². The van der Waals surface area contributed by atoms with Crippen LogP contribution in [0, 0.1) is 0 Å². The van der Waals surface area contributed by atoms with Gasteiger partial charge in [0.2, 0.25) is 0 Å². The molecule has 3 heterocycles. The summed E-state index contributed by atoms with van der Waals surface area (Å²) in [5.74, 6) is 0. The van der Waals surface area contributed by atoms with Gasteiger partial charge in [0.15, 0.2) is 16.6 Å². The minimum absolute atomic E-state index is 0.00392. The fourth-order valence-corrected chi connectivity index (χ4v) is 6.96. The summed E-state index contributed by atoms with van der Waals surface area (Å²) in [6, 6.07) is 4.18. The summed E-state index contributed by atoms with van der Waals surface area (Å²) >= 11 is 3.44. The molecule has 1 saturated heterocycles. The Balaban J connectivity index is 0.000000317. The van der Waals surface area contributed by atoms with Crippen molar-refractivity contribution in [1.29, 1.82) is 0 Å². The Kier molecular flexibility index (Phi) is 11.8. The number of hydrogen-bond donors (Lipinski definition) is 0. The summed E-state index contributed by atoms with van der Waals surface area (Å²) in [6.45, 7) is 35.1. The maximum Gasteiger partial charge on any atom is 0.496 e.